The van der Waals surface area contributed by atoms with Gasteiger partial charge in [0.2, 0.25) is 0 Å². The lowest BCUT2D eigenvalue weighted by molar-refractivity contribution is 0.323. The molecule has 1 fully saturated rings. The van der Waals surface area contributed by atoms with E-state index in [2.05, 4.69) is 47.0 Å². The molecule has 0 spiro atoms. The second kappa shape index (κ2) is 6.85. The van der Waals surface area contributed by atoms with Crippen molar-refractivity contribution in [3.8, 4) is 0 Å². The Bertz CT molecular complexity index is 393. The summed E-state index contributed by atoms with van der Waals surface area (Å²) in [5.41, 5.74) is 1.13. The Morgan fingerprint density at radius 2 is 2.26 bits per heavy atom. The van der Waals surface area contributed by atoms with Crippen LogP contribution in [-0.2, 0) is 6.42 Å². The standard InChI is InChI=1S/C15H26N4/c1-4-14-9-15(18-11-17-14)19-8-6-7-13(10-19)12(3)16-5-2/h9,11-13,16H,4-8,10H2,1-3H3. The van der Waals surface area contributed by atoms with Gasteiger partial charge in [0.25, 0.3) is 0 Å². The normalized spacial score (nSPS) is 21.4. The van der Waals surface area contributed by atoms with E-state index in [-0.39, 0.29) is 0 Å². The Morgan fingerprint density at radius 1 is 1.42 bits per heavy atom. The van der Waals surface area contributed by atoms with Gasteiger partial charge in [0, 0.05) is 30.9 Å². The monoisotopic (exact) mass is 262 g/mol. The van der Waals surface area contributed by atoms with Gasteiger partial charge < -0.3 is 10.2 Å². The minimum absolute atomic E-state index is 0.584. The average molecular weight is 262 g/mol. The predicted molar refractivity (Wildman–Crippen MR) is 79.5 cm³/mol. The molecular formula is C15H26N4. The highest BCUT2D eigenvalue weighted by Gasteiger charge is 2.24. The molecule has 106 valence electrons. The van der Waals surface area contributed by atoms with Crippen LogP contribution in [0.25, 0.3) is 0 Å². The first-order valence-electron chi connectivity index (χ1n) is 7.53. The van der Waals surface area contributed by atoms with Crippen molar-refractivity contribution in [1.29, 1.82) is 0 Å². The van der Waals surface area contributed by atoms with Crippen LogP contribution < -0.4 is 10.2 Å². The Balaban J connectivity index is 2.03. The van der Waals surface area contributed by atoms with Gasteiger partial charge in [-0.25, -0.2) is 9.97 Å². The number of hydrogen-bond acceptors (Lipinski definition) is 4. The van der Waals surface area contributed by atoms with Crippen molar-refractivity contribution in [2.24, 2.45) is 5.92 Å². The van der Waals surface area contributed by atoms with Crippen LogP contribution in [0.1, 0.15) is 39.3 Å². The Morgan fingerprint density at radius 3 is 3.00 bits per heavy atom. The molecule has 1 aliphatic heterocycles. The molecule has 0 aliphatic carbocycles. The summed E-state index contributed by atoms with van der Waals surface area (Å²) in [7, 11) is 0. The summed E-state index contributed by atoms with van der Waals surface area (Å²) < 4.78 is 0. The molecule has 1 aromatic heterocycles. The third kappa shape index (κ3) is 3.66. The van der Waals surface area contributed by atoms with Crippen molar-refractivity contribution in [2.75, 3.05) is 24.5 Å². The quantitative estimate of drug-likeness (QED) is 0.883. The highest BCUT2D eigenvalue weighted by atomic mass is 15.2. The summed E-state index contributed by atoms with van der Waals surface area (Å²) in [6, 6.07) is 2.72. The lowest BCUT2D eigenvalue weighted by Crippen LogP contribution is -2.44. The largest absolute Gasteiger partial charge is 0.356 e. The van der Waals surface area contributed by atoms with Gasteiger partial charge >= 0.3 is 0 Å². The second-order valence-electron chi connectivity index (χ2n) is 5.42. The summed E-state index contributed by atoms with van der Waals surface area (Å²) >= 11 is 0. The van der Waals surface area contributed by atoms with Gasteiger partial charge in [0.1, 0.15) is 12.1 Å². The van der Waals surface area contributed by atoms with Crippen LogP contribution in [-0.4, -0.2) is 35.6 Å². The first kappa shape index (κ1) is 14.3. The average Bonchev–Trinajstić information content (AvgIpc) is 2.48. The molecule has 1 saturated heterocycles. The van der Waals surface area contributed by atoms with E-state index in [0.717, 1.165) is 37.6 Å². The minimum Gasteiger partial charge on any atom is -0.356 e. The van der Waals surface area contributed by atoms with Gasteiger partial charge in [0.15, 0.2) is 0 Å². The van der Waals surface area contributed by atoms with E-state index >= 15 is 0 Å². The molecule has 2 rings (SSSR count). The van der Waals surface area contributed by atoms with E-state index in [1.54, 1.807) is 6.33 Å². The number of nitrogens with zero attached hydrogens (tertiary/aromatic N) is 3. The smallest absolute Gasteiger partial charge is 0.132 e. The topological polar surface area (TPSA) is 41.0 Å². The summed E-state index contributed by atoms with van der Waals surface area (Å²) in [5, 5.41) is 3.55. The van der Waals surface area contributed by atoms with Gasteiger partial charge in [-0.1, -0.05) is 13.8 Å². The van der Waals surface area contributed by atoms with Crippen LogP contribution >= 0.6 is 0 Å². The zero-order valence-corrected chi connectivity index (χ0v) is 12.4. The predicted octanol–water partition coefficient (Wildman–Crippen LogP) is 2.25. The first-order valence-corrected chi connectivity index (χ1v) is 7.53. The number of piperidine rings is 1. The Labute approximate surface area is 116 Å². The molecule has 0 bridgehead atoms. The van der Waals surface area contributed by atoms with Gasteiger partial charge in [-0.2, -0.15) is 0 Å². The molecule has 0 aromatic carbocycles. The molecule has 2 unspecified atom stereocenters. The number of aromatic nitrogens is 2. The number of nitrogens with one attached hydrogen (secondary N) is 1. The highest BCUT2D eigenvalue weighted by Crippen LogP contribution is 2.23. The molecule has 4 heteroatoms. The van der Waals surface area contributed by atoms with Crippen molar-refractivity contribution in [3.05, 3.63) is 18.1 Å². The van der Waals surface area contributed by atoms with E-state index in [9.17, 15) is 0 Å². The van der Waals surface area contributed by atoms with Gasteiger partial charge in [-0.15, -0.1) is 0 Å². The van der Waals surface area contributed by atoms with E-state index < -0.39 is 0 Å². The summed E-state index contributed by atoms with van der Waals surface area (Å²) in [6.07, 6.45) is 5.24. The molecule has 0 radical (unpaired) electrons. The van der Waals surface area contributed by atoms with Crippen molar-refractivity contribution < 1.29 is 0 Å². The molecule has 4 nitrogen and oxygen atoms in total. The maximum absolute atomic E-state index is 4.45. The molecule has 19 heavy (non-hydrogen) atoms. The fourth-order valence-corrected chi connectivity index (χ4v) is 2.87. The van der Waals surface area contributed by atoms with Gasteiger partial charge in [0.05, 0.1) is 0 Å². The number of hydrogen-bond donors (Lipinski definition) is 1. The summed E-state index contributed by atoms with van der Waals surface area (Å²) in [6.45, 7) is 9.89. The van der Waals surface area contributed by atoms with Crippen LogP contribution in [0.3, 0.4) is 0 Å². The zero-order valence-electron chi connectivity index (χ0n) is 12.4. The van der Waals surface area contributed by atoms with E-state index in [4.69, 9.17) is 0 Å². The van der Waals surface area contributed by atoms with Crippen LogP contribution in [0.15, 0.2) is 12.4 Å². The van der Waals surface area contributed by atoms with Crippen LogP contribution in [0, 0.1) is 5.92 Å². The van der Waals surface area contributed by atoms with Crippen LogP contribution in [0.4, 0.5) is 5.82 Å². The number of rotatable bonds is 5. The highest BCUT2D eigenvalue weighted by molar-refractivity contribution is 5.39. The number of anilines is 1. The van der Waals surface area contributed by atoms with Crippen LogP contribution in [0.5, 0.6) is 0 Å². The van der Waals surface area contributed by atoms with Crippen LogP contribution in [0.2, 0.25) is 0 Å². The SMILES string of the molecule is CCNC(C)C1CCCN(c2cc(CC)ncn2)C1. The molecular weight excluding hydrogens is 236 g/mol. The third-order valence-corrected chi connectivity index (χ3v) is 4.09. The number of aryl methyl sites for hydroxylation is 1. The Kier molecular flexibility index (Phi) is 5.14. The molecule has 2 atom stereocenters. The fourth-order valence-electron chi connectivity index (χ4n) is 2.87. The molecule has 1 aromatic rings. The first-order chi connectivity index (χ1) is 9.24. The summed E-state index contributed by atoms with van der Waals surface area (Å²) in [5.74, 6) is 1.81. The molecule has 2 heterocycles. The van der Waals surface area contributed by atoms with Gasteiger partial charge in [-0.05, 0) is 38.6 Å². The van der Waals surface area contributed by atoms with E-state index in [1.807, 2.05) is 0 Å². The maximum atomic E-state index is 4.45. The zero-order chi connectivity index (χ0) is 13.7. The third-order valence-electron chi connectivity index (χ3n) is 4.09. The minimum atomic E-state index is 0.584. The van der Waals surface area contributed by atoms with Gasteiger partial charge in [-0.3, -0.25) is 0 Å². The van der Waals surface area contributed by atoms with Crippen molar-refractivity contribution >= 4 is 5.82 Å². The maximum Gasteiger partial charge on any atom is 0.132 e. The van der Waals surface area contributed by atoms with E-state index in [0.29, 0.717) is 12.0 Å². The van der Waals surface area contributed by atoms with E-state index in [1.165, 1.54) is 12.8 Å². The fraction of sp³-hybridized carbons (Fsp3) is 0.733. The molecule has 1 N–H and O–H groups in total. The molecule has 0 amide bonds. The van der Waals surface area contributed by atoms with Crippen molar-refractivity contribution in [2.45, 2.75) is 46.1 Å². The van der Waals surface area contributed by atoms with Crippen molar-refractivity contribution in [3.63, 3.8) is 0 Å². The second-order valence-corrected chi connectivity index (χ2v) is 5.42. The molecule has 1 aliphatic rings. The lowest BCUT2D eigenvalue weighted by atomic mass is 9.91. The lowest BCUT2D eigenvalue weighted by Gasteiger charge is -2.36. The Hall–Kier alpha value is -1.16. The van der Waals surface area contributed by atoms with Crippen molar-refractivity contribution in [1.82, 2.24) is 15.3 Å². The molecule has 0 saturated carbocycles. The summed E-state index contributed by atoms with van der Waals surface area (Å²) in [4.78, 5) is 11.2.